The van der Waals surface area contributed by atoms with Crippen molar-refractivity contribution in [1.29, 1.82) is 0 Å². The molecule has 10 heteroatoms. The van der Waals surface area contributed by atoms with Gasteiger partial charge in [-0.3, -0.25) is 10.1 Å². The second-order valence-corrected chi connectivity index (χ2v) is 6.44. The van der Waals surface area contributed by atoms with Crippen molar-refractivity contribution in [3.05, 3.63) is 28.3 Å². The van der Waals surface area contributed by atoms with Gasteiger partial charge in [0.15, 0.2) is 5.75 Å². The number of nitro benzene ring substituents is 1. The minimum atomic E-state index is -3.70. The predicted molar refractivity (Wildman–Crippen MR) is 78.2 cm³/mol. The first-order chi connectivity index (χ1) is 9.36. The first kappa shape index (κ1) is 17.6. The van der Waals surface area contributed by atoms with E-state index in [9.17, 15) is 18.5 Å². The van der Waals surface area contributed by atoms with Crippen molar-refractivity contribution in [2.24, 2.45) is 5.73 Å². The van der Waals surface area contributed by atoms with Gasteiger partial charge in [-0.15, -0.1) is 12.4 Å². The number of hydrogen-bond donors (Lipinski definition) is 1. The number of nitrogens with zero attached hydrogens (tertiary/aromatic N) is 2. The van der Waals surface area contributed by atoms with Crippen LogP contribution in [0.25, 0.3) is 0 Å². The van der Waals surface area contributed by atoms with Crippen LogP contribution in [0.1, 0.15) is 6.42 Å². The van der Waals surface area contributed by atoms with Gasteiger partial charge in [0.2, 0.25) is 10.0 Å². The molecule has 0 saturated carbocycles. The van der Waals surface area contributed by atoms with E-state index in [1.54, 1.807) is 0 Å². The Morgan fingerprint density at radius 1 is 1.48 bits per heavy atom. The fourth-order valence-electron chi connectivity index (χ4n) is 2.09. The van der Waals surface area contributed by atoms with E-state index in [4.69, 9.17) is 10.5 Å². The van der Waals surface area contributed by atoms with E-state index >= 15 is 0 Å². The molecule has 0 bridgehead atoms. The topological polar surface area (TPSA) is 116 Å². The molecule has 1 saturated heterocycles. The van der Waals surface area contributed by atoms with E-state index in [0.29, 0.717) is 13.0 Å². The van der Waals surface area contributed by atoms with E-state index in [1.807, 2.05) is 0 Å². The second kappa shape index (κ2) is 6.56. The lowest BCUT2D eigenvalue weighted by atomic mass is 10.3. The quantitative estimate of drug-likeness (QED) is 0.640. The fourth-order valence-corrected chi connectivity index (χ4v) is 3.62. The fraction of sp³-hybridized carbons (Fsp3) is 0.455. The zero-order chi connectivity index (χ0) is 14.9. The Labute approximate surface area is 128 Å². The molecule has 0 amide bonds. The molecule has 8 nitrogen and oxygen atoms in total. The zero-order valence-electron chi connectivity index (χ0n) is 11.3. The lowest BCUT2D eigenvalue weighted by Gasteiger charge is -2.16. The molecule has 0 unspecified atom stereocenters. The van der Waals surface area contributed by atoms with Crippen molar-refractivity contribution in [3.8, 4) is 5.75 Å². The summed E-state index contributed by atoms with van der Waals surface area (Å²) >= 11 is 0. The van der Waals surface area contributed by atoms with Crippen molar-refractivity contribution < 1.29 is 18.1 Å². The molecule has 1 aromatic carbocycles. The van der Waals surface area contributed by atoms with Crippen LogP contribution in [0.2, 0.25) is 0 Å². The van der Waals surface area contributed by atoms with Crippen molar-refractivity contribution in [3.63, 3.8) is 0 Å². The predicted octanol–water partition coefficient (Wildman–Crippen LogP) is 0.747. The maximum atomic E-state index is 12.4. The Hall–Kier alpha value is -1.42. The molecule has 1 aliphatic rings. The number of rotatable bonds is 4. The standard InChI is InChI=1S/C11H15N3O5S.ClH/c1-19-11-6-9(2-3-10(11)14(15)16)20(17,18)13-5-4-8(12)7-13;/h2-3,6,8H,4-5,7,12H2,1H3;1H/t8-;/m1./s1. The molecule has 1 fully saturated rings. The molecular weight excluding hydrogens is 322 g/mol. The molecule has 118 valence electrons. The van der Waals surface area contributed by atoms with Gasteiger partial charge in [0.05, 0.1) is 16.9 Å². The highest BCUT2D eigenvalue weighted by Crippen LogP contribution is 2.31. The number of hydrogen-bond acceptors (Lipinski definition) is 6. The van der Waals surface area contributed by atoms with Crippen LogP contribution in [0.3, 0.4) is 0 Å². The van der Waals surface area contributed by atoms with Crippen molar-refractivity contribution in [1.82, 2.24) is 4.31 Å². The summed E-state index contributed by atoms with van der Waals surface area (Å²) in [7, 11) is -2.44. The van der Waals surface area contributed by atoms with Crippen LogP contribution in [0, 0.1) is 10.1 Å². The zero-order valence-corrected chi connectivity index (χ0v) is 12.9. The molecule has 0 spiro atoms. The lowest BCUT2D eigenvalue weighted by Crippen LogP contribution is -2.32. The van der Waals surface area contributed by atoms with Gasteiger partial charge in [-0.05, 0) is 12.5 Å². The maximum Gasteiger partial charge on any atom is 0.310 e. The Morgan fingerprint density at radius 3 is 2.62 bits per heavy atom. The first-order valence-electron chi connectivity index (χ1n) is 5.94. The van der Waals surface area contributed by atoms with Gasteiger partial charge < -0.3 is 10.5 Å². The number of halogens is 1. The van der Waals surface area contributed by atoms with Crippen LogP contribution >= 0.6 is 12.4 Å². The molecule has 2 N–H and O–H groups in total. The maximum absolute atomic E-state index is 12.4. The lowest BCUT2D eigenvalue weighted by molar-refractivity contribution is -0.385. The van der Waals surface area contributed by atoms with Crippen LogP contribution in [-0.2, 0) is 10.0 Å². The van der Waals surface area contributed by atoms with Crippen LogP contribution in [-0.4, -0.2) is 43.9 Å². The molecule has 1 atom stereocenters. The van der Waals surface area contributed by atoms with Crippen LogP contribution in [0.15, 0.2) is 23.1 Å². The summed E-state index contributed by atoms with van der Waals surface area (Å²) in [6.45, 7) is 0.602. The van der Waals surface area contributed by atoms with Gasteiger partial charge in [-0.2, -0.15) is 4.31 Å². The summed E-state index contributed by atoms with van der Waals surface area (Å²) in [6.07, 6.45) is 0.601. The molecule has 1 aliphatic heterocycles. The monoisotopic (exact) mass is 337 g/mol. The summed E-state index contributed by atoms with van der Waals surface area (Å²) in [5.41, 5.74) is 5.43. The number of benzene rings is 1. The van der Waals surface area contributed by atoms with Crippen LogP contribution in [0.4, 0.5) is 5.69 Å². The minimum absolute atomic E-state index is 0. The van der Waals surface area contributed by atoms with Gasteiger partial charge in [-0.1, -0.05) is 0 Å². The Balaban J connectivity index is 0.00000220. The smallest absolute Gasteiger partial charge is 0.310 e. The summed E-state index contributed by atoms with van der Waals surface area (Å²) in [5.74, 6) is -0.0837. The SMILES string of the molecule is COc1cc(S(=O)(=O)N2CC[C@@H](N)C2)ccc1[N+](=O)[O-].Cl. The largest absolute Gasteiger partial charge is 0.490 e. The van der Waals surface area contributed by atoms with E-state index in [1.165, 1.54) is 17.5 Å². The summed E-state index contributed by atoms with van der Waals surface area (Å²) in [6, 6.07) is 3.32. The van der Waals surface area contributed by atoms with Crippen molar-refractivity contribution >= 4 is 28.1 Å². The second-order valence-electron chi connectivity index (χ2n) is 4.50. The van der Waals surface area contributed by atoms with Gasteiger partial charge in [-0.25, -0.2) is 8.42 Å². The Bertz CT molecular complexity index is 637. The highest BCUT2D eigenvalue weighted by molar-refractivity contribution is 7.89. The van der Waals surface area contributed by atoms with E-state index in [-0.39, 0.29) is 41.3 Å². The number of methoxy groups -OCH3 is 1. The van der Waals surface area contributed by atoms with Crippen molar-refractivity contribution in [2.45, 2.75) is 17.4 Å². The Kier molecular flexibility index (Phi) is 5.51. The molecule has 21 heavy (non-hydrogen) atoms. The average Bonchev–Trinajstić information content (AvgIpc) is 2.85. The van der Waals surface area contributed by atoms with Gasteiger partial charge in [0.25, 0.3) is 0 Å². The highest BCUT2D eigenvalue weighted by Gasteiger charge is 2.32. The summed E-state index contributed by atoms with van der Waals surface area (Å²) in [5, 5.41) is 10.8. The third-order valence-corrected chi connectivity index (χ3v) is 5.03. The van der Waals surface area contributed by atoms with E-state index in [2.05, 4.69) is 0 Å². The molecule has 2 rings (SSSR count). The summed E-state index contributed by atoms with van der Waals surface area (Å²) < 4.78 is 30.9. The van der Waals surface area contributed by atoms with Gasteiger partial charge in [0, 0.05) is 31.3 Å². The summed E-state index contributed by atoms with van der Waals surface area (Å²) in [4.78, 5) is 10.1. The minimum Gasteiger partial charge on any atom is -0.490 e. The molecule has 1 aromatic rings. The number of nitro groups is 1. The van der Waals surface area contributed by atoms with Gasteiger partial charge >= 0.3 is 5.69 Å². The number of sulfonamides is 1. The molecule has 0 aliphatic carbocycles. The molecule has 0 aromatic heterocycles. The third kappa shape index (κ3) is 3.43. The number of ether oxygens (including phenoxy) is 1. The van der Waals surface area contributed by atoms with Crippen molar-refractivity contribution in [2.75, 3.05) is 20.2 Å². The van der Waals surface area contributed by atoms with Gasteiger partial charge in [0.1, 0.15) is 0 Å². The Morgan fingerprint density at radius 2 is 2.14 bits per heavy atom. The highest BCUT2D eigenvalue weighted by atomic mass is 35.5. The van der Waals surface area contributed by atoms with E-state index in [0.717, 1.165) is 12.1 Å². The number of nitrogens with two attached hydrogens (primary N) is 1. The normalized spacial score (nSPS) is 19.0. The molecule has 0 radical (unpaired) electrons. The van der Waals surface area contributed by atoms with E-state index < -0.39 is 14.9 Å². The third-order valence-electron chi connectivity index (χ3n) is 3.17. The van der Waals surface area contributed by atoms with Crippen LogP contribution < -0.4 is 10.5 Å². The molecule has 1 heterocycles. The average molecular weight is 338 g/mol. The molecular formula is C11H16ClN3O5S. The van der Waals surface area contributed by atoms with Crippen LogP contribution in [0.5, 0.6) is 5.75 Å². The first-order valence-corrected chi connectivity index (χ1v) is 7.38.